The van der Waals surface area contributed by atoms with Crippen molar-refractivity contribution >= 4 is 11.1 Å². The molecule has 0 saturated heterocycles. The highest BCUT2D eigenvalue weighted by atomic mass is 15.0. The Bertz CT molecular complexity index is 3880. The minimum Gasteiger partial charge on any atom is -0.228 e. The molecule has 0 unspecified atom stereocenters. The quantitative estimate of drug-likeness (QED) is 0.144. The zero-order valence-corrected chi connectivity index (χ0v) is 41.7. The highest BCUT2D eigenvalue weighted by Gasteiger charge is 2.38. The van der Waals surface area contributed by atoms with Gasteiger partial charge in [0.2, 0.25) is 0 Å². The Morgan fingerprint density at radius 3 is 1.45 bits per heavy atom. The summed E-state index contributed by atoms with van der Waals surface area (Å²) in [5.41, 5.74) is 21.1. The van der Waals surface area contributed by atoms with Crippen molar-refractivity contribution in [2.75, 3.05) is 0 Å². The lowest BCUT2D eigenvalue weighted by Gasteiger charge is -2.22. The van der Waals surface area contributed by atoms with E-state index in [9.17, 15) is 0 Å². The fourth-order valence-corrected chi connectivity index (χ4v) is 11.0. The second-order valence-corrected chi connectivity index (χ2v) is 20.1. The Kier molecular flexibility index (Phi) is 11.2. The Balaban J connectivity index is 0.953. The van der Waals surface area contributed by atoms with Crippen molar-refractivity contribution in [3.8, 4) is 90.1 Å². The number of fused-ring (bicyclic) bond motifs is 4. The molecule has 10 aromatic rings. The lowest BCUT2D eigenvalue weighted by atomic mass is 9.81. The van der Waals surface area contributed by atoms with E-state index >= 15 is 0 Å². The average molecular weight is 940 g/mol. The number of nitrogens with zero attached hydrogens (tertiary/aromatic N) is 5. The van der Waals surface area contributed by atoms with Crippen LogP contribution in [0.3, 0.4) is 0 Å². The van der Waals surface area contributed by atoms with Gasteiger partial charge in [0, 0.05) is 44.2 Å². The molecule has 5 nitrogen and oxygen atoms in total. The minimum absolute atomic E-state index is 0.187. The molecular formula is C68H53N5. The van der Waals surface area contributed by atoms with Crippen molar-refractivity contribution < 1.29 is 0 Å². The Hall–Kier alpha value is -8.93. The lowest BCUT2D eigenvalue weighted by Crippen LogP contribution is -2.15. The first-order valence-electron chi connectivity index (χ1n) is 25.0. The van der Waals surface area contributed by atoms with Gasteiger partial charge in [0.1, 0.15) is 0 Å². The van der Waals surface area contributed by atoms with E-state index in [1.165, 1.54) is 44.5 Å². The standard InChI is InChI=1S/C68H53N5/c1-7-53-54-31-14-16-33-57(54)67(3,4)59(53)37-43(2)63-71-65(73-66(72-63)52-35-36-56-55-32-15-17-34-58(55)68(5,6)60(56)41-52)51-30-20-27-48(40-51)47-26-18-28-49(38-47)62-42-61(45-23-12-9-13-24-45)69-64(70-62)50-29-19-25-46(39-50)44-21-10-8-11-22-44/h7-42H,2H2,1,3-6H3/b53-7-,59-37+. The molecular weight excluding hydrogens is 887 g/mol. The smallest absolute Gasteiger partial charge is 0.164 e. The minimum atomic E-state index is -0.243. The van der Waals surface area contributed by atoms with E-state index in [1.807, 2.05) is 24.3 Å². The fraction of sp³-hybridized carbons (Fsp3) is 0.103. The summed E-state index contributed by atoms with van der Waals surface area (Å²) in [4.78, 5) is 26.2. The number of hydrogen-bond acceptors (Lipinski definition) is 5. The molecule has 0 atom stereocenters. The molecule has 0 N–H and O–H groups in total. The molecule has 0 fully saturated rings. The van der Waals surface area contributed by atoms with Crippen LogP contribution in [0, 0.1) is 0 Å². The summed E-state index contributed by atoms with van der Waals surface area (Å²) < 4.78 is 0. The number of rotatable bonds is 9. The van der Waals surface area contributed by atoms with E-state index in [4.69, 9.17) is 24.9 Å². The molecule has 0 spiro atoms. The third-order valence-corrected chi connectivity index (χ3v) is 14.9. The SMILES string of the molecule is C=C(/C=C1\C(=C/C)c2ccccc2C1(C)C)c1nc(-c2cccc(-c3cccc(-c4cc(-c5ccccc5)nc(-c5cccc(-c6ccccc6)c5)n4)c3)c2)nc(-c2ccc3c(c2)C(C)(C)c2ccccc2-3)n1. The number of hydrogen-bond donors (Lipinski definition) is 0. The van der Waals surface area contributed by atoms with Gasteiger partial charge in [0.15, 0.2) is 23.3 Å². The average Bonchev–Trinajstić information content (AvgIpc) is 3.81. The van der Waals surface area contributed by atoms with E-state index < -0.39 is 0 Å². The van der Waals surface area contributed by atoms with Crippen LogP contribution in [0.4, 0.5) is 0 Å². The summed E-state index contributed by atoms with van der Waals surface area (Å²) >= 11 is 0. The first-order chi connectivity index (χ1) is 35.5. The van der Waals surface area contributed by atoms with E-state index in [2.05, 4.69) is 235 Å². The van der Waals surface area contributed by atoms with Crippen molar-refractivity contribution in [2.24, 2.45) is 0 Å². The largest absolute Gasteiger partial charge is 0.228 e. The van der Waals surface area contributed by atoms with Gasteiger partial charge >= 0.3 is 0 Å². The molecule has 2 aliphatic carbocycles. The van der Waals surface area contributed by atoms with Gasteiger partial charge in [0.25, 0.3) is 0 Å². The summed E-state index contributed by atoms with van der Waals surface area (Å²) in [7, 11) is 0. The van der Waals surface area contributed by atoms with Gasteiger partial charge in [-0.2, -0.15) is 0 Å². The molecule has 8 aromatic carbocycles. The number of allylic oxidation sites excluding steroid dienone is 5. The van der Waals surface area contributed by atoms with Gasteiger partial charge in [-0.05, 0) is 110 Å². The van der Waals surface area contributed by atoms with Crippen LogP contribution < -0.4 is 0 Å². The van der Waals surface area contributed by atoms with Gasteiger partial charge < -0.3 is 0 Å². The molecule has 0 saturated carbocycles. The molecule has 2 aliphatic rings. The molecule has 0 radical (unpaired) electrons. The van der Waals surface area contributed by atoms with Crippen molar-refractivity contribution in [1.82, 2.24) is 24.9 Å². The highest BCUT2D eigenvalue weighted by molar-refractivity contribution is 5.93. The summed E-state index contributed by atoms with van der Waals surface area (Å²) in [6, 6.07) is 72.4. The molecule has 350 valence electrons. The van der Waals surface area contributed by atoms with Crippen LogP contribution in [0.25, 0.3) is 101 Å². The third kappa shape index (κ3) is 8.13. The molecule has 0 aliphatic heterocycles. The highest BCUT2D eigenvalue weighted by Crippen LogP contribution is 2.51. The molecule has 0 amide bonds. The van der Waals surface area contributed by atoms with Crippen molar-refractivity contribution in [1.29, 1.82) is 0 Å². The van der Waals surface area contributed by atoms with Crippen LogP contribution in [0.5, 0.6) is 0 Å². The maximum absolute atomic E-state index is 5.29. The number of aromatic nitrogens is 5. The van der Waals surface area contributed by atoms with E-state index in [-0.39, 0.29) is 10.8 Å². The van der Waals surface area contributed by atoms with E-state index in [0.29, 0.717) is 23.3 Å². The zero-order valence-electron chi connectivity index (χ0n) is 41.7. The van der Waals surface area contributed by atoms with E-state index in [0.717, 1.165) is 67.0 Å². The maximum atomic E-state index is 5.29. The van der Waals surface area contributed by atoms with Gasteiger partial charge in [-0.15, -0.1) is 0 Å². The third-order valence-electron chi connectivity index (χ3n) is 14.9. The topological polar surface area (TPSA) is 64.5 Å². The van der Waals surface area contributed by atoms with Crippen molar-refractivity contribution in [3.05, 3.63) is 259 Å². The Morgan fingerprint density at radius 2 is 0.822 bits per heavy atom. The summed E-state index contributed by atoms with van der Waals surface area (Å²) in [5.74, 6) is 2.38. The van der Waals surface area contributed by atoms with Crippen molar-refractivity contribution in [2.45, 2.75) is 45.4 Å². The molecule has 12 rings (SSSR count). The summed E-state index contributed by atoms with van der Waals surface area (Å²) in [5, 5.41) is 0. The summed E-state index contributed by atoms with van der Waals surface area (Å²) in [6.45, 7) is 16.0. The molecule has 73 heavy (non-hydrogen) atoms. The van der Waals surface area contributed by atoms with Crippen LogP contribution in [-0.2, 0) is 10.8 Å². The van der Waals surface area contributed by atoms with Crippen LogP contribution >= 0.6 is 0 Å². The van der Waals surface area contributed by atoms with Crippen molar-refractivity contribution in [3.63, 3.8) is 0 Å². The Morgan fingerprint density at radius 1 is 0.370 bits per heavy atom. The normalized spacial score (nSPS) is 15.0. The van der Waals surface area contributed by atoms with Gasteiger partial charge in [-0.25, -0.2) is 24.9 Å². The monoisotopic (exact) mass is 939 g/mol. The van der Waals surface area contributed by atoms with Crippen LogP contribution in [-0.4, -0.2) is 24.9 Å². The molecule has 2 aromatic heterocycles. The lowest BCUT2D eigenvalue weighted by molar-refractivity contribution is 0.660. The predicted octanol–water partition coefficient (Wildman–Crippen LogP) is 17.0. The molecule has 0 bridgehead atoms. The maximum Gasteiger partial charge on any atom is 0.164 e. The van der Waals surface area contributed by atoms with Crippen LogP contribution in [0.2, 0.25) is 0 Å². The zero-order chi connectivity index (χ0) is 49.8. The first kappa shape index (κ1) is 45.2. The van der Waals surface area contributed by atoms with Crippen LogP contribution in [0.1, 0.15) is 62.7 Å². The molecule has 2 heterocycles. The predicted molar refractivity (Wildman–Crippen MR) is 301 cm³/mol. The molecule has 5 heteroatoms. The Labute approximate surface area is 428 Å². The second-order valence-electron chi connectivity index (χ2n) is 20.1. The second kappa shape index (κ2) is 18.0. The van der Waals surface area contributed by atoms with Crippen LogP contribution in [0.15, 0.2) is 231 Å². The van der Waals surface area contributed by atoms with Gasteiger partial charge in [0.05, 0.1) is 11.4 Å². The van der Waals surface area contributed by atoms with Gasteiger partial charge in [-0.1, -0.05) is 216 Å². The van der Waals surface area contributed by atoms with E-state index in [1.54, 1.807) is 0 Å². The first-order valence-corrected chi connectivity index (χ1v) is 25.0. The summed E-state index contributed by atoms with van der Waals surface area (Å²) in [6.07, 6.45) is 4.39. The van der Waals surface area contributed by atoms with Gasteiger partial charge in [-0.3, -0.25) is 0 Å². The fourth-order valence-electron chi connectivity index (χ4n) is 11.0. The number of benzene rings is 8.